The SMILES string of the molecule is CCNC(=NCc1nncn1CC)NCC(C)Oc1ccc(Cl)cc1. The fourth-order valence-electron chi connectivity index (χ4n) is 2.18. The van der Waals surface area contributed by atoms with E-state index in [1.54, 1.807) is 6.33 Å². The van der Waals surface area contributed by atoms with Gasteiger partial charge in [-0.1, -0.05) is 11.6 Å². The summed E-state index contributed by atoms with van der Waals surface area (Å²) in [5.74, 6) is 2.35. The molecular weight excluding hydrogens is 340 g/mol. The van der Waals surface area contributed by atoms with Crippen LogP contribution in [-0.2, 0) is 13.1 Å². The van der Waals surface area contributed by atoms with Gasteiger partial charge in [-0.15, -0.1) is 10.2 Å². The molecule has 0 fully saturated rings. The van der Waals surface area contributed by atoms with Gasteiger partial charge in [0.15, 0.2) is 11.8 Å². The van der Waals surface area contributed by atoms with Crippen molar-refractivity contribution < 1.29 is 4.74 Å². The van der Waals surface area contributed by atoms with Crippen LogP contribution in [-0.4, -0.2) is 39.9 Å². The molecule has 1 aromatic heterocycles. The quantitative estimate of drug-likeness (QED) is 0.556. The Balaban J connectivity index is 1.87. The van der Waals surface area contributed by atoms with Crippen molar-refractivity contribution >= 4 is 17.6 Å². The average molecular weight is 365 g/mol. The van der Waals surface area contributed by atoms with Crippen molar-refractivity contribution in [1.29, 1.82) is 0 Å². The predicted molar refractivity (Wildman–Crippen MR) is 100 cm³/mol. The van der Waals surface area contributed by atoms with Crippen LogP contribution in [0.1, 0.15) is 26.6 Å². The Kier molecular flexibility index (Phi) is 7.53. The first-order chi connectivity index (χ1) is 12.1. The maximum atomic E-state index is 5.88. The maximum absolute atomic E-state index is 5.88. The Bertz CT molecular complexity index is 670. The fraction of sp³-hybridized carbons (Fsp3) is 0.471. The zero-order valence-electron chi connectivity index (χ0n) is 14.9. The summed E-state index contributed by atoms with van der Waals surface area (Å²) in [6.07, 6.45) is 1.69. The number of hydrogen-bond acceptors (Lipinski definition) is 4. The number of hydrogen-bond donors (Lipinski definition) is 2. The molecule has 2 N–H and O–H groups in total. The number of aryl methyl sites for hydroxylation is 1. The number of guanidine groups is 1. The van der Waals surface area contributed by atoms with E-state index in [4.69, 9.17) is 16.3 Å². The lowest BCUT2D eigenvalue weighted by Gasteiger charge is -2.17. The highest BCUT2D eigenvalue weighted by Crippen LogP contribution is 2.16. The van der Waals surface area contributed by atoms with Gasteiger partial charge in [0.25, 0.3) is 0 Å². The Morgan fingerprint density at radius 3 is 2.72 bits per heavy atom. The van der Waals surface area contributed by atoms with Gasteiger partial charge < -0.3 is 19.9 Å². The summed E-state index contributed by atoms with van der Waals surface area (Å²) < 4.78 is 7.83. The van der Waals surface area contributed by atoms with Gasteiger partial charge in [-0.3, -0.25) is 0 Å². The molecule has 0 saturated heterocycles. The van der Waals surface area contributed by atoms with Crippen molar-refractivity contribution in [2.24, 2.45) is 4.99 Å². The number of benzene rings is 1. The lowest BCUT2D eigenvalue weighted by Crippen LogP contribution is -2.41. The molecule has 0 spiro atoms. The molecular formula is C17H25ClN6O. The average Bonchev–Trinajstić information content (AvgIpc) is 3.07. The highest BCUT2D eigenvalue weighted by atomic mass is 35.5. The molecule has 1 aromatic carbocycles. The number of nitrogens with zero attached hydrogens (tertiary/aromatic N) is 4. The number of aliphatic imine (C=N–C) groups is 1. The third kappa shape index (κ3) is 6.26. The zero-order valence-corrected chi connectivity index (χ0v) is 15.6. The Morgan fingerprint density at radius 1 is 1.28 bits per heavy atom. The third-order valence-electron chi connectivity index (χ3n) is 3.47. The second-order valence-electron chi connectivity index (χ2n) is 5.49. The van der Waals surface area contributed by atoms with Crippen molar-refractivity contribution in [2.45, 2.75) is 40.0 Å². The highest BCUT2D eigenvalue weighted by molar-refractivity contribution is 6.30. The molecule has 7 nitrogen and oxygen atoms in total. The van der Waals surface area contributed by atoms with Crippen LogP contribution < -0.4 is 15.4 Å². The van der Waals surface area contributed by atoms with E-state index in [0.717, 1.165) is 30.6 Å². The van der Waals surface area contributed by atoms with E-state index in [1.165, 1.54) is 0 Å². The van der Waals surface area contributed by atoms with Crippen molar-refractivity contribution in [3.05, 3.63) is 41.4 Å². The summed E-state index contributed by atoms with van der Waals surface area (Å²) in [6.45, 7) is 8.77. The zero-order chi connectivity index (χ0) is 18.1. The predicted octanol–water partition coefficient (Wildman–Crippen LogP) is 2.47. The van der Waals surface area contributed by atoms with E-state index in [-0.39, 0.29) is 6.10 Å². The molecule has 1 atom stereocenters. The number of rotatable bonds is 8. The summed E-state index contributed by atoms with van der Waals surface area (Å²) in [6, 6.07) is 7.34. The Hall–Kier alpha value is -2.28. The minimum Gasteiger partial charge on any atom is -0.489 e. The molecule has 25 heavy (non-hydrogen) atoms. The lowest BCUT2D eigenvalue weighted by molar-refractivity contribution is 0.224. The first kappa shape index (κ1) is 19.1. The summed E-state index contributed by atoms with van der Waals surface area (Å²) in [5.41, 5.74) is 0. The van der Waals surface area contributed by atoms with Gasteiger partial charge in [-0.25, -0.2) is 4.99 Å². The molecule has 0 bridgehead atoms. The second-order valence-corrected chi connectivity index (χ2v) is 5.93. The van der Waals surface area contributed by atoms with E-state index >= 15 is 0 Å². The summed E-state index contributed by atoms with van der Waals surface area (Å²) in [5, 5.41) is 15.2. The first-order valence-electron chi connectivity index (χ1n) is 8.43. The van der Waals surface area contributed by atoms with Crippen LogP contribution in [0.4, 0.5) is 0 Å². The van der Waals surface area contributed by atoms with Gasteiger partial charge in [-0.05, 0) is 45.0 Å². The summed E-state index contributed by atoms with van der Waals surface area (Å²) in [4.78, 5) is 4.55. The van der Waals surface area contributed by atoms with Gasteiger partial charge in [-0.2, -0.15) is 0 Å². The highest BCUT2D eigenvalue weighted by Gasteiger charge is 2.07. The minimum atomic E-state index is -0.0238. The molecule has 0 aliphatic heterocycles. The molecule has 2 rings (SSSR count). The van der Waals surface area contributed by atoms with E-state index in [0.29, 0.717) is 18.1 Å². The van der Waals surface area contributed by atoms with Crippen molar-refractivity contribution in [1.82, 2.24) is 25.4 Å². The van der Waals surface area contributed by atoms with Gasteiger partial charge in [0.05, 0.1) is 6.54 Å². The minimum absolute atomic E-state index is 0.0238. The number of halogens is 1. The monoisotopic (exact) mass is 364 g/mol. The number of aromatic nitrogens is 3. The molecule has 1 unspecified atom stereocenters. The van der Waals surface area contributed by atoms with Gasteiger partial charge in [0, 0.05) is 18.1 Å². The molecule has 0 aliphatic rings. The fourth-order valence-corrected chi connectivity index (χ4v) is 2.31. The number of ether oxygens (including phenoxy) is 1. The largest absolute Gasteiger partial charge is 0.489 e. The van der Waals surface area contributed by atoms with E-state index in [9.17, 15) is 0 Å². The Labute approximate surface area is 153 Å². The van der Waals surface area contributed by atoms with Gasteiger partial charge in [0.1, 0.15) is 24.7 Å². The van der Waals surface area contributed by atoms with Crippen molar-refractivity contribution in [2.75, 3.05) is 13.1 Å². The summed E-state index contributed by atoms with van der Waals surface area (Å²) in [7, 11) is 0. The van der Waals surface area contributed by atoms with Crippen LogP contribution >= 0.6 is 11.6 Å². The van der Waals surface area contributed by atoms with Crippen molar-refractivity contribution in [3.63, 3.8) is 0 Å². The van der Waals surface area contributed by atoms with Crippen LogP contribution in [0, 0.1) is 0 Å². The number of nitrogens with one attached hydrogen (secondary N) is 2. The van der Waals surface area contributed by atoms with Crippen LogP contribution in [0.25, 0.3) is 0 Å². The van der Waals surface area contributed by atoms with Crippen molar-refractivity contribution in [3.8, 4) is 5.75 Å². The van der Waals surface area contributed by atoms with Crippen LogP contribution in [0.2, 0.25) is 5.02 Å². The molecule has 1 heterocycles. The molecule has 0 saturated carbocycles. The molecule has 0 radical (unpaired) electrons. The standard InChI is InChI=1S/C17H25ClN6O/c1-4-19-17(21-11-16-23-22-12-24(16)5-2)20-10-13(3)25-15-8-6-14(18)7-9-15/h6-9,12-13H,4-5,10-11H2,1-3H3,(H2,19,20,21). The van der Waals surface area contributed by atoms with Crippen LogP contribution in [0.5, 0.6) is 5.75 Å². The first-order valence-corrected chi connectivity index (χ1v) is 8.81. The maximum Gasteiger partial charge on any atom is 0.191 e. The second kappa shape index (κ2) is 9.88. The molecule has 136 valence electrons. The Morgan fingerprint density at radius 2 is 2.04 bits per heavy atom. The van der Waals surface area contributed by atoms with E-state index in [1.807, 2.05) is 42.7 Å². The third-order valence-corrected chi connectivity index (χ3v) is 3.72. The van der Waals surface area contributed by atoms with E-state index in [2.05, 4.69) is 32.7 Å². The molecule has 2 aromatic rings. The normalized spacial score (nSPS) is 12.7. The lowest BCUT2D eigenvalue weighted by atomic mass is 10.3. The van der Waals surface area contributed by atoms with Crippen LogP contribution in [0.15, 0.2) is 35.6 Å². The molecule has 0 aliphatic carbocycles. The van der Waals surface area contributed by atoms with Gasteiger partial charge >= 0.3 is 0 Å². The topological polar surface area (TPSA) is 76.4 Å². The van der Waals surface area contributed by atoms with E-state index < -0.39 is 0 Å². The molecule has 0 amide bonds. The molecule has 8 heteroatoms. The smallest absolute Gasteiger partial charge is 0.191 e. The van der Waals surface area contributed by atoms with Crippen LogP contribution in [0.3, 0.4) is 0 Å². The summed E-state index contributed by atoms with van der Waals surface area (Å²) >= 11 is 5.88. The van der Waals surface area contributed by atoms with Gasteiger partial charge in [0.2, 0.25) is 0 Å².